The van der Waals surface area contributed by atoms with Gasteiger partial charge in [0.15, 0.2) is 0 Å². The topological polar surface area (TPSA) is 46.0 Å². The number of thiazole rings is 1. The van der Waals surface area contributed by atoms with Gasteiger partial charge in [-0.15, -0.1) is 23.7 Å². The molecule has 1 unspecified atom stereocenters. The average Bonchev–Trinajstić information content (AvgIpc) is 2.99. The zero-order chi connectivity index (χ0) is 16.6. The predicted octanol–water partition coefficient (Wildman–Crippen LogP) is 3.49. The van der Waals surface area contributed by atoms with Crippen LogP contribution >= 0.6 is 23.7 Å². The molecule has 1 aliphatic heterocycles. The van der Waals surface area contributed by atoms with Gasteiger partial charge in [-0.3, -0.25) is 9.58 Å². The smallest absolute Gasteiger partial charge is 0.107 e. The Bertz CT molecular complexity index is 663. The van der Waals surface area contributed by atoms with Crippen molar-refractivity contribution in [3.05, 3.63) is 34.5 Å². The number of nitrogens with zero attached hydrogens (tertiary/aromatic N) is 4. The first kappa shape index (κ1) is 18.8. The highest BCUT2D eigenvalue weighted by Crippen LogP contribution is 2.56. The molecule has 138 valence electrons. The van der Waals surface area contributed by atoms with Crippen molar-refractivity contribution in [1.82, 2.24) is 25.0 Å². The number of hydrogen-bond acceptors (Lipinski definition) is 5. The number of piperidine rings is 1. The molecule has 1 saturated heterocycles. The molecule has 4 rings (SSSR count). The second-order valence-corrected chi connectivity index (χ2v) is 8.50. The van der Waals surface area contributed by atoms with Crippen LogP contribution in [0.25, 0.3) is 0 Å². The highest BCUT2D eigenvalue weighted by molar-refractivity contribution is 7.09. The van der Waals surface area contributed by atoms with Crippen molar-refractivity contribution < 1.29 is 0 Å². The van der Waals surface area contributed by atoms with Gasteiger partial charge in [0.25, 0.3) is 0 Å². The Kier molecular flexibility index (Phi) is 5.83. The maximum Gasteiger partial charge on any atom is 0.107 e. The molecule has 2 aliphatic rings. The predicted molar refractivity (Wildman–Crippen MR) is 104 cm³/mol. The molecule has 0 aromatic carbocycles. The number of aromatic nitrogens is 3. The van der Waals surface area contributed by atoms with Gasteiger partial charge < -0.3 is 5.32 Å². The first-order valence-electron chi connectivity index (χ1n) is 9.03. The van der Waals surface area contributed by atoms with Crippen LogP contribution in [0.15, 0.2) is 23.8 Å². The van der Waals surface area contributed by atoms with Gasteiger partial charge in [-0.25, -0.2) is 4.98 Å². The third kappa shape index (κ3) is 3.92. The lowest BCUT2D eigenvalue weighted by molar-refractivity contribution is 0.182. The van der Waals surface area contributed by atoms with Crippen LogP contribution in [0.2, 0.25) is 0 Å². The minimum Gasteiger partial charge on any atom is -0.317 e. The van der Waals surface area contributed by atoms with Gasteiger partial charge in [-0.1, -0.05) is 0 Å². The molecule has 2 fully saturated rings. The van der Waals surface area contributed by atoms with Gasteiger partial charge in [-0.05, 0) is 57.7 Å². The van der Waals surface area contributed by atoms with E-state index in [0.717, 1.165) is 13.1 Å². The Morgan fingerprint density at radius 1 is 1.32 bits per heavy atom. The van der Waals surface area contributed by atoms with Crippen LogP contribution in [0.4, 0.5) is 0 Å². The molecular weight excluding hydrogens is 354 g/mol. The molecule has 1 spiro atoms. The van der Waals surface area contributed by atoms with E-state index in [4.69, 9.17) is 0 Å². The third-order valence-corrected chi connectivity index (χ3v) is 6.38. The van der Waals surface area contributed by atoms with E-state index >= 15 is 0 Å². The largest absolute Gasteiger partial charge is 0.317 e. The molecule has 3 heterocycles. The fourth-order valence-electron chi connectivity index (χ4n) is 4.23. The second kappa shape index (κ2) is 7.74. The van der Waals surface area contributed by atoms with E-state index in [-0.39, 0.29) is 12.4 Å². The Hall–Kier alpha value is -0.950. The fraction of sp³-hybridized carbons (Fsp3) is 0.667. The van der Waals surface area contributed by atoms with E-state index in [9.17, 15) is 0 Å². The monoisotopic (exact) mass is 381 g/mol. The molecule has 1 aliphatic carbocycles. The van der Waals surface area contributed by atoms with E-state index in [0.29, 0.717) is 17.5 Å². The molecule has 25 heavy (non-hydrogen) atoms. The molecule has 2 aromatic heterocycles. The van der Waals surface area contributed by atoms with Crippen LogP contribution in [0.3, 0.4) is 0 Å². The average molecular weight is 382 g/mol. The summed E-state index contributed by atoms with van der Waals surface area (Å²) in [5, 5.41) is 11.3. The fourth-order valence-corrected chi connectivity index (χ4v) is 4.87. The molecular formula is C18H28ClN5S. The maximum atomic E-state index is 4.53. The van der Waals surface area contributed by atoms with E-state index in [1.165, 1.54) is 43.1 Å². The van der Waals surface area contributed by atoms with Crippen LogP contribution in [-0.4, -0.2) is 38.8 Å². The third-order valence-electron chi connectivity index (χ3n) is 5.62. The van der Waals surface area contributed by atoms with Crippen molar-refractivity contribution in [2.24, 2.45) is 5.41 Å². The number of hydrogen-bond donors (Lipinski definition) is 1. The highest BCUT2D eigenvalue weighted by atomic mass is 35.5. The number of rotatable bonds is 6. The van der Waals surface area contributed by atoms with Gasteiger partial charge >= 0.3 is 0 Å². The summed E-state index contributed by atoms with van der Waals surface area (Å²) in [7, 11) is 0. The normalized spacial score (nSPS) is 21.7. The lowest BCUT2D eigenvalue weighted by atomic mass is 9.93. The summed E-state index contributed by atoms with van der Waals surface area (Å²) < 4.78 is 2.16. The van der Waals surface area contributed by atoms with Crippen LogP contribution < -0.4 is 5.32 Å². The molecule has 0 amide bonds. The molecule has 1 atom stereocenters. The van der Waals surface area contributed by atoms with Gasteiger partial charge in [0, 0.05) is 36.4 Å². The van der Waals surface area contributed by atoms with Crippen LogP contribution in [0.1, 0.15) is 49.9 Å². The van der Waals surface area contributed by atoms with Crippen molar-refractivity contribution in [2.75, 3.05) is 13.1 Å². The summed E-state index contributed by atoms with van der Waals surface area (Å²) in [6.45, 7) is 8.68. The summed E-state index contributed by atoms with van der Waals surface area (Å²) in [5.74, 6) is 0. The van der Waals surface area contributed by atoms with Crippen molar-refractivity contribution in [1.29, 1.82) is 0 Å². The Balaban J connectivity index is 0.00000182. The zero-order valence-corrected chi connectivity index (χ0v) is 16.7. The lowest BCUT2D eigenvalue weighted by Gasteiger charge is -2.29. The van der Waals surface area contributed by atoms with Gasteiger partial charge in [0.1, 0.15) is 5.01 Å². The first-order valence-corrected chi connectivity index (χ1v) is 9.91. The molecule has 0 bridgehead atoms. The van der Waals surface area contributed by atoms with Crippen LogP contribution in [-0.2, 0) is 13.1 Å². The summed E-state index contributed by atoms with van der Waals surface area (Å²) in [5.41, 5.74) is 1.86. The molecule has 1 N–H and O–H groups in total. The van der Waals surface area contributed by atoms with Crippen LogP contribution in [0, 0.1) is 5.41 Å². The Labute approximate surface area is 160 Å². The second-order valence-electron chi connectivity index (χ2n) is 7.52. The van der Waals surface area contributed by atoms with E-state index in [2.05, 4.69) is 50.3 Å². The van der Waals surface area contributed by atoms with Crippen molar-refractivity contribution in [3.8, 4) is 0 Å². The van der Waals surface area contributed by atoms with Gasteiger partial charge in [0.2, 0.25) is 0 Å². The quantitative estimate of drug-likeness (QED) is 0.831. The van der Waals surface area contributed by atoms with Gasteiger partial charge in [-0.2, -0.15) is 5.10 Å². The Morgan fingerprint density at radius 3 is 2.80 bits per heavy atom. The summed E-state index contributed by atoms with van der Waals surface area (Å²) in [4.78, 5) is 7.18. The van der Waals surface area contributed by atoms with E-state index in [1.807, 2.05) is 12.4 Å². The summed E-state index contributed by atoms with van der Waals surface area (Å²) in [6.07, 6.45) is 7.83. The molecule has 5 nitrogen and oxygen atoms in total. The molecule has 1 saturated carbocycles. The molecule has 7 heteroatoms. The summed E-state index contributed by atoms with van der Waals surface area (Å²) in [6, 6.07) is 3.27. The number of nitrogens with one attached hydrogen (secondary N) is 1. The molecule has 2 aromatic rings. The van der Waals surface area contributed by atoms with Crippen molar-refractivity contribution in [3.63, 3.8) is 0 Å². The zero-order valence-electron chi connectivity index (χ0n) is 15.0. The highest BCUT2D eigenvalue weighted by Gasteiger charge is 2.56. The first-order chi connectivity index (χ1) is 11.7. The maximum absolute atomic E-state index is 4.53. The van der Waals surface area contributed by atoms with Gasteiger partial charge in [0.05, 0.1) is 12.2 Å². The van der Waals surface area contributed by atoms with E-state index < -0.39 is 0 Å². The Morgan fingerprint density at radius 2 is 2.12 bits per heavy atom. The van der Waals surface area contributed by atoms with Crippen molar-refractivity contribution in [2.45, 2.75) is 58.3 Å². The van der Waals surface area contributed by atoms with Crippen molar-refractivity contribution >= 4 is 23.7 Å². The van der Waals surface area contributed by atoms with Crippen LogP contribution in [0.5, 0.6) is 0 Å². The minimum absolute atomic E-state index is 0. The summed E-state index contributed by atoms with van der Waals surface area (Å²) >= 11 is 1.77. The number of halogens is 1. The van der Waals surface area contributed by atoms with E-state index in [1.54, 1.807) is 11.3 Å². The standard InChI is InChI=1S/C18H27N5S.ClH/c1-14(2)23-15(3-6-21-23)12-22(13-17-20-9-10-24-17)16-11-18(16)4-7-19-8-5-18;/h3,6,9-10,14,16,19H,4-5,7-8,11-13H2,1-2H3;1H. The SMILES string of the molecule is CC(C)n1nccc1CN(Cc1nccs1)C1CC12CCNCC2.Cl. The minimum atomic E-state index is 0. The lowest BCUT2D eigenvalue weighted by Crippen LogP contribution is -2.36. The molecule has 0 radical (unpaired) electrons.